The largest absolute Gasteiger partial charge is 0.506 e. The number of para-hydroxylation sites is 1. The number of aromatic hydroxyl groups is 1. The maximum absolute atomic E-state index is 10.2. The number of hydrogen-bond acceptors (Lipinski definition) is 7. The Morgan fingerprint density at radius 3 is 2.65 bits per heavy atom. The van der Waals surface area contributed by atoms with Gasteiger partial charge >= 0.3 is 0 Å². The Morgan fingerprint density at radius 1 is 1.12 bits per heavy atom. The van der Waals surface area contributed by atoms with Crippen LogP contribution < -0.4 is 11.1 Å². The fourth-order valence-electron chi connectivity index (χ4n) is 2.50. The first-order chi connectivity index (χ1) is 12.6. The van der Waals surface area contributed by atoms with E-state index in [4.69, 9.17) is 5.73 Å². The van der Waals surface area contributed by atoms with Crippen molar-refractivity contribution in [3.63, 3.8) is 0 Å². The second-order valence-corrected chi connectivity index (χ2v) is 6.80. The summed E-state index contributed by atoms with van der Waals surface area (Å²) >= 11 is 1.39. The van der Waals surface area contributed by atoms with Gasteiger partial charge in [0.1, 0.15) is 17.1 Å². The van der Waals surface area contributed by atoms with E-state index in [0.717, 1.165) is 10.6 Å². The van der Waals surface area contributed by atoms with Crippen LogP contribution in [0.2, 0.25) is 0 Å². The molecule has 0 aliphatic rings. The fourth-order valence-corrected chi connectivity index (χ4v) is 3.26. The summed E-state index contributed by atoms with van der Waals surface area (Å²) in [6.07, 6.45) is 0. The number of phenols is 1. The summed E-state index contributed by atoms with van der Waals surface area (Å²) in [5, 5.41) is 21.7. The highest BCUT2D eigenvalue weighted by molar-refractivity contribution is 7.99. The molecule has 130 valence electrons. The molecule has 0 spiro atoms. The van der Waals surface area contributed by atoms with Gasteiger partial charge in [0, 0.05) is 27.7 Å². The summed E-state index contributed by atoms with van der Waals surface area (Å²) in [6.45, 7) is 1.92. The number of anilines is 3. The van der Waals surface area contributed by atoms with Crippen LogP contribution in [0.25, 0.3) is 10.9 Å². The first-order valence-electron chi connectivity index (χ1n) is 7.90. The third kappa shape index (κ3) is 3.27. The van der Waals surface area contributed by atoms with Gasteiger partial charge in [0.2, 0.25) is 0 Å². The molecule has 0 atom stereocenters. The van der Waals surface area contributed by atoms with Crippen LogP contribution in [0.4, 0.5) is 17.3 Å². The van der Waals surface area contributed by atoms with E-state index in [1.165, 1.54) is 11.8 Å². The number of nitrogens with two attached hydrogens (primary N) is 1. The number of aromatic nitrogens is 4. The normalized spacial score (nSPS) is 11.0. The van der Waals surface area contributed by atoms with Gasteiger partial charge in [-0.25, -0.2) is 9.97 Å². The van der Waals surface area contributed by atoms with Crippen LogP contribution in [0.5, 0.6) is 5.75 Å². The molecule has 0 fully saturated rings. The lowest BCUT2D eigenvalue weighted by Crippen LogP contribution is -1.99. The van der Waals surface area contributed by atoms with Gasteiger partial charge in [-0.05, 0) is 55.1 Å². The van der Waals surface area contributed by atoms with Gasteiger partial charge in [-0.3, -0.25) is 5.10 Å². The minimum atomic E-state index is 0.102. The van der Waals surface area contributed by atoms with E-state index in [1.807, 2.05) is 43.3 Å². The smallest absolute Gasteiger partial charge is 0.195 e. The number of benzene rings is 2. The van der Waals surface area contributed by atoms with Crippen LogP contribution in [-0.2, 0) is 0 Å². The quantitative estimate of drug-likeness (QED) is 0.321. The minimum Gasteiger partial charge on any atom is -0.506 e. The van der Waals surface area contributed by atoms with Crippen molar-refractivity contribution in [2.45, 2.75) is 17.0 Å². The topological polar surface area (TPSA) is 113 Å². The Bertz CT molecular complexity index is 1080. The van der Waals surface area contributed by atoms with Crippen molar-refractivity contribution in [1.82, 2.24) is 20.2 Å². The number of fused-ring (bicyclic) bond motifs is 1. The molecule has 26 heavy (non-hydrogen) atoms. The van der Waals surface area contributed by atoms with Gasteiger partial charge in [0.05, 0.1) is 0 Å². The molecule has 0 radical (unpaired) electrons. The van der Waals surface area contributed by atoms with E-state index in [1.54, 1.807) is 12.1 Å². The molecule has 0 amide bonds. The molecule has 0 aliphatic heterocycles. The standard InChI is InChI=1S/C18H16N6OS/c1-10-9-15(24-23-10)20-17-13-3-2-4-14(25)16(13)21-18(22-17)26-12-7-5-11(19)6-8-12/h2-9,25H,19H2,1H3,(H2,20,21,22,23,24). The Labute approximate surface area is 153 Å². The molecule has 0 bridgehead atoms. The lowest BCUT2D eigenvalue weighted by atomic mass is 10.2. The summed E-state index contributed by atoms with van der Waals surface area (Å²) in [7, 11) is 0. The molecule has 8 heteroatoms. The molecule has 5 N–H and O–H groups in total. The molecular weight excluding hydrogens is 348 g/mol. The molecule has 0 unspecified atom stereocenters. The predicted octanol–water partition coefficient (Wildman–Crippen LogP) is 3.84. The van der Waals surface area contributed by atoms with Crippen molar-refractivity contribution in [3.05, 3.63) is 54.2 Å². The maximum Gasteiger partial charge on any atom is 0.195 e. The molecule has 0 saturated carbocycles. The summed E-state index contributed by atoms with van der Waals surface area (Å²) < 4.78 is 0. The monoisotopic (exact) mass is 364 g/mol. The number of H-pyrrole nitrogens is 1. The summed E-state index contributed by atoms with van der Waals surface area (Å²) in [6, 6.07) is 14.6. The molecule has 4 aromatic rings. The van der Waals surface area contributed by atoms with Gasteiger partial charge in [-0.15, -0.1) is 0 Å². The highest BCUT2D eigenvalue weighted by Crippen LogP contribution is 2.33. The number of nitrogens with zero attached hydrogens (tertiary/aromatic N) is 3. The summed E-state index contributed by atoms with van der Waals surface area (Å²) in [5.41, 5.74) is 7.85. The highest BCUT2D eigenvalue weighted by Gasteiger charge is 2.13. The molecule has 2 aromatic carbocycles. The Morgan fingerprint density at radius 2 is 1.92 bits per heavy atom. The number of nitrogens with one attached hydrogen (secondary N) is 2. The summed E-state index contributed by atoms with van der Waals surface area (Å²) in [5.74, 6) is 1.33. The van der Waals surface area contributed by atoms with Crippen LogP contribution in [-0.4, -0.2) is 25.3 Å². The third-order valence-corrected chi connectivity index (χ3v) is 4.60. The molecule has 7 nitrogen and oxygen atoms in total. The van der Waals surface area contributed by atoms with Crippen molar-refractivity contribution in [2.24, 2.45) is 0 Å². The zero-order valence-corrected chi connectivity index (χ0v) is 14.7. The van der Waals surface area contributed by atoms with E-state index in [-0.39, 0.29) is 5.75 Å². The predicted molar refractivity (Wildman–Crippen MR) is 103 cm³/mol. The number of hydrogen-bond donors (Lipinski definition) is 4. The fraction of sp³-hybridized carbons (Fsp3) is 0.0556. The Hall–Kier alpha value is -3.26. The third-order valence-electron chi connectivity index (χ3n) is 3.73. The molecule has 2 heterocycles. The zero-order chi connectivity index (χ0) is 18.1. The second-order valence-electron chi connectivity index (χ2n) is 5.76. The van der Waals surface area contributed by atoms with Crippen molar-refractivity contribution in [1.29, 1.82) is 0 Å². The molecule has 4 rings (SSSR count). The van der Waals surface area contributed by atoms with Crippen LogP contribution in [0.3, 0.4) is 0 Å². The van der Waals surface area contributed by atoms with Gasteiger partial charge in [-0.2, -0.15) is 5.10 Å². The molecule has 0 aliphatic carbocycles. The lowest BCUT2D eigenvalue weighted by molar-refractivity contribution is 0.480. The Kier molecular flexibility index (Phi) is 4.10. The lowest BCUT2D eigenvalue weighted by Gasteiger charge is -2.10. The van der Waals surface area contributed by atoms with E-state index in [2.05, 4.69) is 25.5 Å². The Balaban J connectivity index is 1.78. The maximum atomic E-state index is 10.2. The van der Waals surface area contributed by atoms with Crippen molar-refractivity contribution in [2.75, 3.05) is 11.1 Å². The van der Waals surface area contributed by atoms with E-state index in [0.29, 0.717) is 33.4 Å². The van der Waals surface area contributed by atoms with Gasteiger partial charge in [-0.1, -0.05) is 6.07 Å². The van der Waals surface area contributed by atoms with Crippen LogP contribution in [0, 0.1) is 6.92 Å². The number of aromatic amines is 1. The number of aryl methyl sites for hydroxylation is 1. The van der Waals surface area contributed by atoms with Crippen molar-refractivity contribution < 1.29 is 5.11 Å². The average molecular weight is 364 g/mol. The van der Waals surface area contributed by atoms with Crippen molar-refractivity contribution >= 4 is 40.0 Å². The molecular formula is C18H16N6OS. The first kappa shape index (κ1) is 16.2. The van der Waals surface area contributed by atoms with Crippen molar-refractivity contribution in [3.8, 4) is 5.75 Å². The van der Waals surface area contributed by atoms with Gasteiger partial charge in [0.15, 0.2) is 11.0 Å². The van der Waals surface area contributed by atoms with Crippen LogP contribution in [0.1, 0.15) is 5.69 Å². The molecule has 2 aromatic heterocycles. The molecule has 0 saturated heterocycles. The second kappa shape index (κ2) is 6.57. The van der Waals surface area contributed by atoms with Gasteiger partial charge in [0.25, 0.3) is 0 Å². The highest BCUT2D eigenvalue weighted by atomic mass is 32.2. The van der Waals surface area contributed by atoms with E-state index < -0.39 is 0 Å². The number of nitrogen functional groups attached to an aromatic ring is 1. The number of rotatable bonds is 4. The van der Waals surface area contributed by atoms with Crippen LogP contribution in [0.15, 0.2) is 58.6 Å². The first-order valence-corrected chi connectivity index (χ1v) is 8.72. The van der Waals surface area contributed by atoms with Gasteiger partial charge < -0.3 is 16.2 Å². The minimum absolute atomic E-state index is 0.102. The zero-order valence-electron chi connectivity index (χ0n) is 13.9. The summed E-state index contributed by atoms with van der Waals surface area (Å²) in [4.78, 5) is 10.1. The van der Waals surface area contributed by atoms with Crippen LogP contribution >= 0.6 is 11.8 Å². The SMILES string of the molecule is Cc1cc(Nc2nc(Sc3ccc(N)cc3)nc3c(O)cccc23)n[nH]1. The van der Waals surface area contributed by atoms with E-state index >= 15 is 0 Å². The van der Waals surface area contributed by atoms with E-state index in [9.17, 15) is 5.11 Å². The number of phenolic OH excluding ortho intramolecular Hbond substituents is 1. The average Bonchev–Trinajstić information content (AvgIpc) is 3.03.